The van der Waals surface area contributed by atoms with Crippen LogP contribution in [0.1, 0.15) is 21.5 Å². The van der Waals surface area contributed by atoms with Crippen LogP contribution in [0.5, 0.6) is 0 Å². The molecule has 5 rings (SSSR count). The predicted molar refractivity (Wildman–Crippen MR) is 166 cm³/mol. The third-order valence-electron chi connectivity index (χ3n) is 7.42. The lowest BCUT2D eigenvalue weighted by molar-refractivity contribution is 0.0954. The molecule has 10 heteroatoms. The first-order chi connectivity index (χ1) is 20.3. The van der Waals surface area contributed by atoms with Crippen molar-refractivity contribution >= 4 is 34.8 Å². The summed E-state index contributed by atoms with van der Waals surface area (Å²) in [6.07, 6.45) is 1.82. The maximum atomic E-state index is 13.4. The van der Waals surface area contributed by atoms with Crippen LogP contribution in [0.3, 0.4) is 0 Å². The van der Waals surface area contributed by atoms with Crippen molar-refractivity contribution in [1.29, 1.82) is 5.41 Å². The number of nitrogens with zero attached hydrogens (tertiary/aromatic N) is 4. The van der Waals surface area contributed by atoms with Gasteiger partial charge in [0.1, 0.15) is 0 Å². The monoisotopic (exact) mass is 564 g/mol. The van der Waals surface area contributed by atoms with Gasteiger partial charge in [-0.25, -0.2) is 9.78 Å². The van der Waals surface area contributed by atoms with Crippen molar-refractivity contribution in [3.63, 3.8) is 0 Å². The lowest BCUT2D eigenvalue weighted by Crippen LogP contribution is -2.32. The van der Waals surface area contributed by atoms with Crippen LogP contribution in [-0.4, -0.2) is 54.7 Å². The molecule has 0 atom stereocenters. The van der Waals surface area contributed by atoms with Crippen molar-refractivity contribution in [2.75, 3.05) is 48.3 Å². The normalized spacial score (nSPS) is 13.0. The van der Waals surface area contributed by atoms with Crippen molar-refractivity contribution in [2.24, 2.45) is 7.05 Å². The summed E-state index contributed by atoms with van der Waals surface area (Å²) in [4.78, 5) is 34.2. The van der Waals surface area contributed by atoms with E-state index in [1.165, 1.54) is 0 Å². The minimum absolute atomic E-state index is 0.0550. The number of carbonyl (C=O) groups excluding carboxylic acids is 2. The van der Waals surface area contributed by atoms with Crippen LogP contribution in [0, 0.1) is 19.3 Å². The first-order valence-electron chi connectivity index (χ1n) is 13.9. The van der Waals surface area contributed by atoms with E-state index >= 15 is 0 Å². The Balaban J connectivity index is 1.38. The van der Waals surface area contributed by atoms with Gasteiger partial charge in [-0.05, 0) is 68.9 Å². The van der Waals surface area contributed by atoms with Gasteiger partial charge in [0.25, 0.3) is 5.91 Å². The van der Waals surface area contributed by atoms with E-state index in [-0.39, 0.29) is 17.4 Å². The van der Waals surface area contributed by atoms with Gasteiger partial charge in [-0.1, -0.05) is 29.8 Å². The second kappa shape index (κ2) is 12.3. The number of urea groups is 1. The van der Waals surface area contributed by atoms with E-state index < -0.39 is 0 Å². The number of anilines is 4. The number of nitrogens with one attached hydrogen (secondary N) is 4. The van der Waals surface area contributed by atoms with E-state index in [0.29, 0.717) is 48.9 Å². The molecule has 42 heavy (non-hydrogen) atoms. The molecular formula is C32H36N8O2. The molecule has 1 aliphatic rings. The van der Waals surface area contributed by atoms with E-state index in [4.69, 9.17) is 10.4 Å². The number of likely N-dealkylation sites (N-methyl/N-ethyl adjacent to an activating group) is 1. The minimum atomic E-state index is -0.140. The molecule has 1 saturated heterocycles. The number of benzene rings is 3. The average molecular weight is 565 g/mol. The highest BCUT2D eigenvalue weighted by Gasteiger charge is 2.32. The molecule has 0 radical (unpaired) electrons. The first kappa shape index (κ1) is 28.6. The highest BCUT2D eigenvalue weighted by molar-refractivity contribution is 6.07. The molecule has 0 unspecified atom stereocenters. The Kier molecular flexibility index (Phi) is 8.35. The Labute approximate surface area is 245 Å². The molecule has 0 saturated carbocycles. The number of rotatable bonds is 9. The molecule has 4 N–H and O–H groups in total. The SMILES string of the molecule is CNCCNC(=O)c1ccc(Nc2nc(-c3cccc(N4CCN(c5ccc(C)cc5)C4=O)c3C)cn(C)c2=N)cc1. The van der Waals surface area contributed by atoms with Crippen molar-refractivity contribution in [2.45, 2.75) is 13.8 Å². The second-order valence-corrected chi connectivity index (χ2v) is 10.4. The number of aryl methyl sites for hydroxylation is 2. The Bertz CT molecular complexity index is 1660. The molecule has 1 fully saturated rings. The molecule has 0 aliphatic carbocycles. The lowest BCUT2D eigenvalue weighted by atomic mass is 10.0. The van der Waals surface area contributed by atoms with E-state index in [2.05, 4.69) is 16.0 Å². The van der Waals surface area contributed by atoms with Gasteiger partial charge >= 0.3 is 6.03 Å². The van der Waals surface area contributed by atoms with E-state index in [9.17, 15) is 9.59 Å². The summed E-state index contributed by atoms with van der Waals surface area (Å²) in [6, 6.07) is 20.9. The van der Waals surface area contributed by atoms with Gasteiger partial charge in [-0.2, -0.15) is 0 Å². The largest absolute Gasteiger partial charge is 0.351 e. The summed E-state index contributed by atoms with van der Waals surface area (Å²) in [5.74, 6) is 0.243. The van der Waals surface area contributed by atoms with E-state index in [1.807, 2.05) is 74.5 Å². The Hall–Kier alpha value is -4.96. The Morgan fingerprint density at radius 1 is 0.952 bits per heavy atom. The van der Waals surface area contributed by atoms with Crippen molar-refractivity contribution in [1.82, 2.24) is 20.2 Å². The number of hydrogen-bond donors (Lipinski definition) is 4. The first-order valence-corrected chi connectivity index (χ1v) is 13.9. The standard InChI is InChI=1S/C32H36N8O2/c1-21-8-14-25(15-9-21)39-18-19-40(32(39)42)28-7-5-6-26(22(28)2)27-20-38(4)29(33)30(37-27)36-24-12-10-23(11-13-24)31(41)35-17-16-34-3/h5-15,20,33-34H,16-19H2,1-4H3,(H,35,41)(H,36,37). The fraction of sp³-hybridized carbons (Fsp3) is 0.250. The quantitative estimate of drug-likeness (QED) is 0.226. The highest BCUT2D eigenvalue weighted by Crippen LogP contribution is 2.33. The van der Waals surface area contributed by atoms with Crippen LogP contribution in [0.2, 0.25) is 0 Å². The van der Waals surface area contributed by atoms with Gasteiger partial charge in [0, 0.05) is 67.6 Å². The lowest BCUT2D eigenvalue weighted by Gasteiger charge is -2.22. The van der Waals surface area contributed by atoms with Gasteiger partial charge in [0.15, 0.2) is 11.3 Å². The Morgan fingerprint density at radius 3 is 2.38 bits per heavy atom. The molecule has 4 aromatic rings. The average Bonchev–Trinajstić information content (AvgIpc) is 3.37. The molecule has 0 bridgehead atoms. The Morgan fingerprint density at radius 2 is 1.67 bits per heavy atom. The van der Waals surface area contributed by atoms with Gasteiger partial charge in [0.2, 0.25) is 0 Å². The van der Waals surface area contributed by atoms with Gasteiger partial charge in [-0.15, -0.1) is 0 Å². The summed E-state index contributed by atoms with van der Waals surface area (Å²) >= 11 is 0. The van der Waals surface area contributed by atoms with Crippen molar-refractivity contribution in [3.8, 4) is 11.3 Å². The summed E-state index contributed by atoms with van der Waals surface area (Å²) in [5.41, 5.74) is 6.85. The van der Waals surface area contributed by atoms with Gasteiger partial charge in [0.05, 0.1) is 5.69 Å². The van der Waals surface area contributed by atoms with Crippen LogP contribution in [0.4, 0.5) is 27.7 Å². The van der Waals surface area contributed by atoms with Crippen LogP contribution in [0.25, 0.3) is 11.3 Å². The zero-order chi connectivity index (χ0) is 29.8. The summed E-state index contributed by atoms with van der Waals surface area (Å²) in [7, 11) is 3.64. The van der Waals surface area contributed by atoms with E-state index in [1.54, 1.807) is 40.8 Å². The summed E-state index contributed by atoms with van der Waals surface area (Å²) < 4.78 is 1.71. The minimum Gasteiger partial charge on any atom is -0.351 e. The molecule has 0 spiro atoms. The highest BCUT2D eigenvalue weighted by atomic mass is 16.2. The number of aromatic nitrogens is 2. The molecule has 10 nitrogen and oxygen atoms in total. The van der Waals surface area contributed by atoms with Crippen molar-refractivity contribution < 1.29 is 9.59 Å². The van der Waals surface area contributed by atoms with E-state index in [0.717, 1.165) is 28.1 Å². The van der Waals surface area contributed by atoms with Crippen molar-refractivity contribution in [3.05, 3.63) is 95.1 Å². The topological polar surface area (TPSA) is 118 Å². The molecule has 3 amide bonds. The van der Waals surface area contributed by atoms with Crippen LogP contribution < -0.4 is 31.2 Å². The molecule has 216 valence electrons. The zero-order valence-electron chi connectivity index (χ0n) is 24.4. The smallest absolute Gasteiger partial charge is 0.329 e. The fourth-order valence-corrected chi connectivity index (χ4v) is 5.00. The third-order valence-corrected chi connectivity index (χ3v) is 7.42. The van der Waals surface area contributed by atoms with Gasteiger partial charge < -0.3 is 20.5 Å². The number of hydrogen-bond acceptors (Lipinski definition) is 6. The molecule has 3 aromatic carbocycles. The number of carbonyl (C=O) groups is 2. The molecule has 2 heterocycles. The second-order valence-electron chi connectivity index (χ2n) is 10.4. The fourth-order valence-electron chi connectivity index (χ4n) is 5.00. The summed E-state index contributed by atoms with van der Waals surface area (Å²) in [5, 5.41) is 17.7. The number of amides is 3. The van der Waals surface area contributed by atoms with Crippen LogP contribution in [0.15, 0.2) is 72.9 Å². The predicted octanol–water partition coefficient (Wildman–Crippen LogP) is 4.32. The maximum Gasteiger partial charge on any atom is 0.329 e. The van der Waals surface area contributed by atoms with Crippen LogP contribution >= 0.6 is 0 Å². The molecular weight excluding hydrogens is 528 g/mol. The van der Waals surface area contributed by atoms with Gasteiger partial charge in [-0.3, -0.25) is 20.0 Å². The molecule has 1 aromatic heterocycles. The maximum absolute atomic E-state index is 13.4. The summed E-state index contributed by atoms with van der Waals surface area (Å²) in [6.45, 7) is 6.46. The third kappa shape index (κ3) is 5.89. The van der Waals surface area contributed by atoms with Crippen LogP contribution in [-0.2, 0) is 7.05 Å². The zero-order valence-corrected chi connectivity index (χ0v) is 24.4. The molecule has 1 aliphatic heterocycles.